The van der Waals surface area contributed by atoms with Crippen molar-refractivity contribution >= 4 is 11.5 Å². The van der Waals surface area contributed by atoms with Gasteiger partial charge in [0.15, 0.2) is 6.29 Å². The van der Waals surface area contributed by atoms with Gasteiger partial charge in [-0.3, -0.25) is 0 Å². The second-order valence-corrected chi connectivity index (χ2v) is 4.05. The predicted octanol–water partition coefficient (Wildman–Crippen LogP) is 2.11. The van der Waals surface area contributed by atoms with Crippen molar-refractivity contribution < 1.29 is 14.4 Å². The van der Waals surface area contributed by atoms with E-state index in [1.807, 2.05) is 0 Å². The van der Waals surface area contributed by atoms with Gasteiger partial charge in [0.05, 0.1) is 0 Å². The average Bonchev–Trinajstić information content (AvgIpc) is 2.40. The molecule has 0 unspecified atom stereocenters. The van der Waals surface area contributed by atoms with Crippen molar-refractivity contribution in [1.29, 1.82) is 0 Å². The zero-order chi connectivity index (χ0) is 14.3. The molecule has 0 fully saturated rings. The molecule has 0 aliphatic rings. The van der Waals surface area contributed by atoms with E-state index in [-0.39, 0.29) is 12.1 Å². The van der Waals surface area contributed by atoms with Gasteiger partial charge in [-0.25, -0.2) is 0 Å². The van der Waals surface area contributed by atoms with Gasteiger partial charge in [-0.05, 0) is 34.9 Å². The zero-order valence-electron chi connectivity index (χ0n) is 11.4. The highest BCUT2D eigenvalue weighted by Gasteiger charge is 2.15. The van der Waals surface area contributed by atoms with Crippen molar-refractivity contribution in [2.75, 3.05) is 26.1 Å². The lowest BCUT2D eigenvalue weighted by molar-refractivity contribution is -0.388. The summed E-state index contributed by atoms with van der Waals surface area (Å²) in [7, 11) is 3.16. The number of ether oxygens (including phenoxy) is 2. The smallest absolute Gasteiger partial charge is 0.378 e. The van der Waals surface area contributed by atoms with Crippen LogP contribution in [0, 0.1) is 17.0 Å². The minimum Gasteiger partial charge on any atom is -0.378 e. The number of nitrogens with one attached hydrogen (secondary N) is 1. The molecule has 106 valence electrons. The van der Waals surface area contributed by atoms with Crippen LogP contribution in [0.15, 0.2) is 12.1 Å². The summed E-state index contributed by atoms with van der Waals surface area (Å²) < 4.78 is 10.1. The number of methoxy groups -OCH3 is 2. The first-order chi connectivity index (χ1) is 9.08. The molecule has 1 aromatic rings. The Hall–Kier alpha value is -1.73. The maximum absolute atomic E-state index is 10.9. The summed E-state index contributed by atoms with van der Waals surface area (Å²) in [5.41, 5.74) is 1.05. The third kappa shape index (κ3) is 4.80. The lowest BCUT2D eigenvalue weighted by Gasteiger charge is -2.13. The van der Waals surface area contributed by atoms with Crippen molar-refractivity contribution in [2.45, 2.75) is 26.1 Å². The number of nitro groups is 1. The Labute approximate surface area is 112 Å². The molecule has 1 N–H and O–H groups in total. The first-order valence-electron chi connectivity index (χ1n) is 6.00. The number of aryl methyl sites for hydroxylation is 1. The van der Waals surface area contributed by atoms with Crippen LogP contribution < -0.4 is 5.32 Å². The van der Waals surface area contributed by atoms with Crippen LogP contribution in [-0.2, 0) is 9.47 Å². The number of anilines is 1. The molecule has 0 aliphatic heterocycles. The predicted molar refractivity (Wildman–Crippen MR) is 71.2 cm³/mol. The number of rotatable bonds is 8. The molecule has 7 heteroatoms. The molecule has 0 aliphatic carbocycles. The molecule has 0 saturated heterocycles. The molecule has 0 bridgehead atoms. The second kappa shape index (κ2) is 7.65. The fourth-order valence-corrected chi connectivity index (χ4v) is 1.64. The number of nitrogens with zero attached hydrogens (tertiary/aromatic N) is 2. The summed E-state index contributed by atoms with van der Waals surface area (Å²) in [5.74, 6) is -0.143. The van der Waals surface area contributed by atoms with Crippen LogP contribution in [0.4, 0.5) is 11.5 Å². The van der Waals surface area contributed by atoms with Crippen molar-refractivity contribution in [3.63, 3.8) is 0 Å². The highest BCUT2D eigenvalue weighted by atomic mass is 16.7. The number of pyridine rings is 1. The lowest BCUT2D eigenvalue weighted by atomic mass is 10.2. The maximum Gasteiger partial charge on any atom is 0.387 e. The van der Waals surface area contributed by atoms with Gasteiger partial charge in [-0.1, -0.05) is 0 Å². The molecule has 0 aromatic carbocycles. The molecular weight excluding hydrogens is 250 g/mol. The summed E-state index contributed by atoms with van der Waals surface area (Å²) in [6.07, 6.45) is 1.25. The van der Waals surface area contributed by atoms with Crippen LogP contribution in [0.25, 0.3) is 0 Å². The largest absolute Gasteiger partial charge is 0.387 e. The molecule has 0 radical (unpaired) electrons. The lowest BCUT2D eigenvalue weighted by Crippen LogP contribution is -2.15. The number of aromatic nitrogens is 1. The van der Waals surface area contributed by atoms with Crippen LogP contribution in [-0.4, -0.2) is 37.0 Å². The molecule has 1 rings (SSSR count). The quantitative estimate of drug-likeness (QED) is 0.336. The highest BCUT2D eigenvalue weighted by Crippen LogP contribution is 2.21. The van der Waals surface area contributed by atoms with E-state index in [4.69, 9.17) is 9.47 Å². The summed E-state index contributed by atoms with van der Waals surface area (Å²) in [6, 6.07) is 3.41. The van der Waals surface area contributed by atoms with E-state index in [9.17, 15) is 10.1 Å². The molecule has 1 heterocycles. The first kappa shape index (κ1) is 15.3. The molecule has 1 aromatic heterocycles. The Bertz CT molecular complexity index is 421. The van der Waals surface area contributed by atoms with Gasteiger partial charge in [-0.15, -0.1) is 0 Å². The standard InChI is InChI=1S/C12H19N3O4/c1-9-6-7-10(12(14-9)15(16)17)13-8-4-5-11(18-2)19-3/h6-7,11,13H,4-5,8H2,1-3H3. The third-order valence-electron chi connectivity index (χ3n) is 2.65. The van der Waals surface area contributed by atoms with Crippen LogP contribution in [0.1, 0.15) is 18.5 Å². The SMILES string of the molecule is COC(CCCNc1ccc(C)nc1[N+](=O)[O-])OC. The molecule has 0 spiro atoms. The van der Waals surface area contributed by atoms with Gasteiger partial charge in [0.2, 0.25) is 0 Å². The molecule has 7 nitrogen and oxygen atoms in total. The fourth-order valence-electron chi connectivity index (χ4n) is 1.64. The van der Waals surface area contributed by atoms with E-state index in [0.717, 1.165) is 6.42 Å². The molecule has 19 heavy (non-hydrogen) atoms. The van der Waals surface area contributed by atoms with Gasteiger partial charge in [-0.2, -0.15) is 0 Å². The zero-order valence-corrected chi connectivity index (χ0v) is 11.4. The molecule has 0 amide bonds. The number of hydrogen-bond donors (Lipinski definition) is 1. The maximum atomic E-state index is 10.9. The van der Waals surface area contributed by atoms with Crippen LogP contribution in [0.3, 0.4) is 0 Å². The Balaban J connectivity index is 2.51. The van der Waals surface area contributed by atoms with E-state index in [1.165, 1.54) is 0 Å². The normalized spacial score (nSPS) is 10.7. The van der Waals surface area contributed by atoms with E-state index in [1.54, 1.807) is 33.3 Å². The number of hydrogen-bond acceptors (Lipinski definition) is 6. The van der Waals surface area contributed by atoms with Crippen molar-refractivity contribution in [2.24, 2.45) is 0 Å². The summed E-state index contributed by atoms with van der Waals surface area (Å²) in [6.45, 7) is 2.31. The van der Waals surface area contributed by atoms with E-state index >= 15 is 0 Å². The molecule has 0 atom stereocenters. The monoisotopic (exact) mass is 269 g/mol. The Kier molecular flexibility index (Phi) is 6.17. The molecule has 0 saturated carbocycles. The van der Waals surface area contributed by atoms with Gasteiger partial charge in [0, 0.05) is 27.7 Å². The Morgan fingerprint density at radius 2 is 2.11 bits per heavy atom. The van der Waals surface area contributed by atoms with E-state index in [2.05, 4.69) is 10.3 Å². The molecular formula is C12H19N3O4. The van der Waals surface area contributed by atoms with Crippen LogP contribution >= 0.6 is 0 Å². The Morgan fingerprint density at radius 3 is 2.68 bits per heavy atom. The first-order valence-corrected chi connectivity index (χ1v) is 6.00. The summed E-state index contributed by atoms with van der Waals surface area (Å²) in [5, 5.41) is 13.9. The van der Waals surface area contributed by atoms with Crippen molar-refractivity contribution in [1.82, 2.24) is 4.98 Å². The fraction of sp³-hybridized carbons (Fsp3) is 0.583. The van der Waals surface area contributed by atoms with E-state index < -0.39 is 4.92 Å². The minimum absolute atomic E-state index is 0.143. The van der Waals surface area contributed by atoms with E-state index in [0.29, 0.717) is 24.3 Å². The van der Waals surface area contributed by atoms with Gasteiger partial charge < -0.3 is 24.9 Å². The summed E-state index contributed by atoms with van der Waals surface area (Å²) in [4.78, 5) is 14.3. The summed E-state index contributed by atoms with van der Waals surface area (Å²) >= 11 is 0. The topological polar surface area (TPSA) is 86.5 Å². The second-order valence-electron chi connectivity index (χ2n) is 4.05. The van der Waals surface area contributed by atoms with Crippen LogP contribution in [0.2, 0.25) is 0 Å². The van der Waals surface area contributed by atoms with Crippen molar-refractivity contribution in [3.8, 4) is 0 Å². The van der Waals surface area contributed by atoms with Crippen LogP contribution in [0.5, 0.6) is 0 Å². The highest BCUT2D eigenvalue weighted by molar-refractivity contribution is 5.57. The van der Waals surface area contributed by atoms with Gasteiger partial charge in [0.1, 0.15) is 11.4 Å². The Morgan fingerprint density at radius 1 is 1.42 bits per heavy atom. The minimum atomic E-state index is -0.484. The average molecular weight is 269 g/mol. The third-order valence-corrected chi connectivity index (χ3v) is 2.65. The van der Waals surface area contributed by atoms with Crippen molar-refractivity contribution in [3.05, 3.63) is 27.9 Å². The van der Waals surface area contributed by atoms with Gasteiger partial charge in [0.25, 0.3) is 0 Å². The van der Waals surface area contributed by atoms with Gasteiger partial charge >= 0.3 is 5.82 Å².